The summed E-state index contributed by atoms with van der Waals surface area (Å²) >= 11 is 0. The van der Waals surface area contributed by atoms with Crippen LogP contribution in [0.3, 0.4) is 0 Å². The Labute approximate surface area is 125 Å². The van der Waals surface area contributed by atoms with Crippen molar-refractivity contribution in [1.82, 2.24) is 0 Å². The Kier molecular flexibility index (Phi) is 10.00. The molecule has 0 aromatic heterocycles. The Morgan fingerprint density at radius 1 is 0.950 bits per heavy atom. The molecule has 0 saturated heterocycles. The van der Waals surface area contributed by atoms with Gasteiger partial charge in [0, 0.05) is 6.42 Å². The van der Waals surface area contributed by atoms with E-state index in [1.807, 2.05) is 0 Å². The van der Waals surface area contributed by atoms with Crippen molar-refractivity contribution < 1.29 is 9.90 Å². The molecule has 1 aliphatic carbocycles. The zero-order chi connectivity index (χ0) is 14.6. The summed E-state index contributed by atoms with van der Waals surface area (Å²) < 4.78 is 0. The van der Waals surface area contributed by atoms with Crippen LogP contribution in [0.2, 0.25) is 0 Å². The van der Waals surface area contributed by atoms with Crippen LogP contribution < -0.4 is 0 Å². The number of rotatable bonds is 12. The number of aliphatic hydroxyl groups is 1. The van der Waals surface area contributed by atoms with Crippen molar-refractivity contribution in [2.45, 2.75) is 96.5 Å². The van der Waals surface area contributed by atoms with E-state index in [4.69, 9.17) is 0 Å². The number of unbranched alkanes of at least 4 members (excludes halogenated alkanes) is 7. The predicted octanol–water partition coefficient (Wildman–Crippen LogP) is 4.88. The van der Waals surface area contributed by atoms with E-state index in [1.54, 1.807) is 0 Å². The second-order valence-electron chi connectivity index (χ2n) is 6.58. The highest BCUT2D eigenvalue weighted by Crippen LogP contribution is 2.38. The summed E-state index contributed by atoms with van der Waals surface area (Å²) in [5.41, 5.74) is 0. The lowest BCUT2D eigenvalue weighted by Crippen LogP contribution is -2.19. The molecule has 0 amide bonds. The van der Waals surface area contributed by atoms with E-state index in [1.165, 1.54) is 64.2 Å². The molecule has 2 heteroatoms. The van der Waals surface area contributed by atoms with Crippen molar-refractivity contribution in [1.29, 1.82) is 0 Å². The van der Waals surface area contributed by atoms with E-state index in [2.05, 4.69) is 6.92 Å². The first-order chi connectivity index (χ1) is 9.79. The Balaban J connectivity index is 2.13. The van der Waals surface area contributed by atoms with Crippen LogP contribution in [-0.2, 0) is 4.79 Å². The summed E-state index contributed by atoms with van der Waals surface area (Å²) in [7, 11) is 0. The standard InChI is InChI=1S/C18H34O2/c1-2-3-4-8-11-16-13-14-18(20)17(16)12-9-6-5-7-10-15-19/h15-18,20H,2-14H2,1H3. The maximum atomic E-state index is 10.2. The Bertz CT molecular complexity index is 240. The highest BCUT2D eigenvalue weighted by molar-refractivity contribution is 5.48. The smallest absolute Gasteiger partial charge is 0.119 e. The lowest BCUT2D eigenvalue weighted by Gasteiger charge is -2.22. The van der Waals surface area contributed by atoms with Crippen LogP contribution >= 0.6 is 0 Å². The van der Waals surface area contributed by atoms with Gasteiger partial charge in [-0.05, 0) is 37.5 Å². The number of carbonyl (C=O) groups excluding carboxylic acids is 1. The predicted molar refractivity (Wildman–Crippen MR) is 84.7 cm³/mol. The third-order valence-electron chi connectivity index (χ3n) is 4.97. The minimum absolute atomic E-state index is 0.0406. The fourth-order valence-corrected chi connectivity index (χ4v) is 3.71. The third kappa shape index (κ3) is 6.88. The van der Waals surface area contributed by atoms with Crippen LogP contribution in [0.4, 0.5) is 0 Å². The Morgan fingerprint density at radius 2 is 1.65 bits per heavy atom. The molecule has 0 radical (unpaired) electrons. The number of hydrogen-bond donors (Lipinski definition) is 1. The van der Waals surface area contributed by atoms with Gasteiger partial charge in [0.1, 0.15) is 6.29 Å². The van der Waals surface area contributed by atoms with Crippen LogP contribution in [0, 0.1) is 11.8 Å². The summed E-state index contributed by atoms with van der Waals surface area (Å²) in [4.78, 5) is 10.2. The molecule has 3 atom stereocenters. The molecule has 118 valence electrons. The molecule has 20 heavy (non-hydrogen) atoms. The van der Waals surface area contributed by atoms with Gasteiger partial charge in [-0.3, -0.25) is 0 Å². The van der Waals surface area contributed by atoms with E-state index in [0.29, 0.717) is 12.3 Å². The molecular formula is C18H34O2. The summed E-state index contributed by atoms with van der Waals surface area (Å²) in [6.45, 7) is 2.26. The molecule has 1 fully saturated rings. The fourth-order valence-electron chi connectivity index (χ4n) is 3.71. The van der Waals surface area contributed by atoms with Crippen molar-refractivity contribution in [2.24, 2.45) is 11.8 Å². The topological polar surface area (TPSA) is 37.3 Å². The van der Waals surface area contributed by atoms with Crippen LogP contribution in [0.1, 0.15) is 90.4 Å². The van der Waals surface area contributed by atoms with E-state index < -0.39 is 0 Å². The van der Waals surface area contributed by atoms with Crippen LogP contribution in [0.5, 0.6) is 0 Å². The van der Waals surface area contributed by atoms with Gasteiger partial charge in [-0.25, -0.2) is 0 Å². The van der Waals surface area contributed by atoms with Gasteiger partial charge < -0.3 is 9.90 Å². The summed E-state index contributed by atoms with van der Waals surface area (Å²) in [5, 5.41) is 10.2. The van der Waals surface area contributed by atoms with E-state index >= 15 is 0 Å². The molecule has 3 unspecified atom stereocenters. The Morgan fingerprint density at radius 3 is 2.40 bits per heavy atom. The van der Waals surface area contributed by atoms with Crippen molar-refractivity contribution >= 4 is 6.29 Å². The average Bonchev–Trinajstić information content (AvgIpc) is 2.80. The first-order valence-corrected chi connectivity index (χ1v) is 8.91. The van der Waals surface area contributed by atoms with Crippen LogP contribution in [-0.4, -0.2) is 17.5 Å². The lowest BCUT2D eigenvalue weighted by molar-refractivity contribution is -0.107. The minimum atomic E-state index is -0.0406. The monoisotopic (exact) mass is 282 g/mol. The van der Waals surface area contributed by atoms with Gasteiger partial charge in [0.05, 0.1) is 6.10 Å². The van der Waals surface area contributed by atoms with Gasteiger partial charge in [0.2, 0.25) is 0 Å². The second-order valence-corrected chi connectivity index (χ2v) is 6.58. The van der Waals surface area contributed by atoms with E-state index in [-0.39, 0.29) is 6.10 Å². The molecule has 1 saturated carbocycles. The number of hydrogen-bond acceptors (Lipinski definition) is 2. The normalized spacial score (nSPS) is 26.0. The van der Waals surface area contributed by atoms with Gasteiger partial charge >= 0.3 is 0 Å². The van der Waals surface area contributed by atoms with E-state index in [9.17, 15) is 9.90 Å². The summed E-state index contributed by atoms with van der Waals surface area (Å²) in [5.74, 6) is 1.33. The van der Waals surface area contributed by atoms with Crippen molar-refractivity contribution in [3.8, 4) is 0 Å². The van der Waals surface area contributed by atoms with Gasteiger partial charge in [-0.15, -0.1) is 0 Å². The largest absolute Gasteiger partial charge is 0.393 e. The van der Waals surface area contributed by atoms with Crippen molar-refractivity contribution in [3.63, 3.8) is 0 Å². The first kappa shape index (κ1) is 17.7. The molecule has 0 bridgehead atoms. The molecule has 0 aromatic carbocycles. The second kappa shape index (κ2) is 11.3. The molecular weight excluding hydrogens is 248 g/mol. The molecule has 0 heterocycles. The van der Waals surface area contributed by atoms with Gasteiger partial charge in [-0.1, -0.05) is 58.3 Å². The van der Waals surface area contributed by atoms with Crippen molar-refractivity contribution in [2.75, 3.05) is 0 Å². The number of carbonyl (C=O) groups is 1. The number of aldehydes is 1. The zero-order valence-corrected chi connectivity index (χ0v) is 13.4. The molecule has 2 nitrogen and oxygen atoms in total. The Hall–Kier alpha value is -0.370. The SMILES string of the molecule is CCCCCCC1CCC(O)C1CCCCCCC=O. The van der Waals surface area contributed by atoms with Gasteiger partial charge in [0.25, 0.3) is 0 Å². The maximum absolute atomic E-state index is 10.2. The molecule has 0 spiro atoms. The highest BCUT2D eigenvalue weighted by atomic mass is 16.3. The minimum Gasteiger partial charge on any atom is -0.393 e. The van der Waals surface area contributed by atoms with Crippen LogP contribution in [0.25, 0.3) is 0 Å². The summed E-state index contributed by atoms with van der Waals surface area (Å²) in [6.07, 6.45) is 16.5. The fraction of sp³-hybridized carbons (Fsp3) is 0.944. The molecule has 1 rings (SSSR count). The van der Waals surface area contributed by atoms with Gasteiger partial charge in [-0.2, -0.15) is 0 Å². The van der Waals surface area contributed by atoms with E-state index in [0.717, 1.165) is 25.0 Å². The van der Waals surface area contributed by atoms with Gasteiger partial charge in [0.15, 0.2) is 0 Å². The highest BCUT2D eigenvalue weighted by Gasteiger charge is 2.33. The summed E-state index contributed by atoms with van der Waals surface area (Å²) in [6, 6.07) is 0. The molecule has 0 aliphatic heterocycles. The maximum Gasteiger partial charge on any atom is 0.119 e. The van der Waals surface area contributed by atoms with Crippen molar-refractivity contribution in [3.05, 3.63) is 0 Å². The molecule has 0 aromatic rings. The lowest BCUT2D eigenvalue weighted by atomic mass is 9.86. The molecule has 1 N–H and O–H groups in total. The quantitative estimate of drug-likeness (QED) is 0.409. The third-order valence-corrected chi connectivity index (χ3v) is 4.97. The number of aliphatic hydroxyl groups excluding tert-OH is 1. The first-order valence-electron chi connectivity index (χ1n) is 8.91. The average molecular weight is 282 g/mol. The zero-order valence-electron chi connectivity index (χ0n) is 13.4. The molecule has 1 aliphatic rings. The van der Waals surface area contributed by atoms with Crippen LogP contribution in [0.15, 0.2) is 0 Å².